The van der Waals surface area contributed by atoms with E-state index < -0.39 is 0 Å². The van der Waals surface area contributed by atoms with Crippen LogP contribution >= 0.6 is 0 Å². The maximum Gasteiger partial charge on any atom is 0.0802 e. The summed E-state index contributed by atoms with van der Waals surface area (Å²) < 4.78 is 4.87. The lowest BCUT2D eigenvalue weighted by Crippen LogP contribution is -2.07. The van der Waals surface area contributed by atoms with Gasteiger partial charge in [-0.2, -0.15) is 0 Å². The third kappa shape index (κ3) is 5.72. The topological polar surface area (TPSA) is 48.2 Å². The number of benzene rings is 8. The number of fused-ring (bicyclic) bond motifs is 7. The normalized spacial score (nSPS) is 12.8. The molecule has 0 radical (unpaired) electrons. The number of aromatic nitrogens is 2. The van der Waals surface area contributed by atoms with Crippen molar-refractivity contribution >= 4 is 66.7 Å². The van der Waals surface area contributed by atoms with Gasteiger partial charge >= 0.3 is 0 Å². The third-order valence-electron chi connectivity index (χ3n) is 11.9. The Balaban J connectivity index is 1.05. The van der Waals surface area contributed by atoms with E-state index in [1.165, 1.54) is 49.7 Å². The van der Waals surface area contributed by atoms with Gasteiger partial charge in [-0.05, 0) is 84.0 Å². The number of nitrogen functional groups attached to an aromatic ring is 1. The zero-order valence-electron chi connectivity index (χ0n) is 32.5. The van der Waals surface area contributed by atoms with E-state index in [-0.39, 0.29) is 0 Å². The molecule has 59 heavy (non-hydrogen) atoms. The van der Waals surface area contributed by atoms with Crippen LogP contribution in [-0.4, -0.2) is 14.8 Å². The first-order chi connectivity index (χ1) is 29.1. The Hall–Kier alpha value is -7.69. The van der Waals surface area contributed by atoms with Gasteiger partial charge in [0.25, 0.3) is 0 Å². The Kier molecular flexibility index (Phi) is 8.23. The Labute approximate surface area is 343 Å². The fourth-order valence-electron chi connectivity index (χ4n) is 9.20. The van der Waals surface area contributed by atoms with Crippen molar-refractivity contribution in [2.75, 3.05) is 5.73 Å². The van der Waals surface area contributed by atoms with Gasteiger partial charge in [0.1, 0.15) is 0 Å². The van der Waals surface area contributed by atoms with Gasteiger partial charge in [-0.15, -0.1) is 0 Å². The van der Waals surface area contributed by atoms with Gasteiger partial charge in [-0.1, -0.05) is 146 Å². The third-order valence-corrected chi connectivity index (χ3v) is 11.9. The molecule has 0 amide bonds. The summed E-state index contributed by atoms with van der Waals surface area (Å²) in [6.45, 7) is 4.55. The minimum Gasteiger partial charge on any atom is -0.398 e. The fraction of sp³-hybridized carbons (Fsp3) is 0.0364. The fourth-order valence-corrected chi connectivity index (χ4v) is 9.20. The number of hydrogen-bond acceptors (Lipinski definition) is 2. The van der Waals surface area contributed by atoms with Gasteiger partial charge in [0.15, 0.2) is 0 Å². The van der Waals surface area contributed by atoms with Crippen molar-refractivity contribution in [2.45, 2.75) is 12.8 Å². The highest BCUT2D eigenvalue weighted by atomic mass is 15.0. The molecule has 4 heteroatoms. The molecule has 0 aliphatic heterocycles. The number of nitrogens with two attached hydrogens (primary N) is 1. The molecule has 10 aromatic rings. The second kappa shape index (κ2) is 14.0. The molecule has 8 aromatic carbocycles. The molecule has 0 fully saturated rings. The van der Waals surface area contributed by atoms with Gasteiger partial charge in [0.05, 0.1) is 33.6 Å². The zero-order chi connectivity index (χ0) is 39.5. The first kappa shape index (κ1) is 34.5. The summed E-state index contributed by atoms with van der Waals surface area (Å²) in [5.41, 5.74) is 22.5. The van der Waals surface area contributed by atoms with Gasteiger partial charge in [0, 0.05) is 60.9 Å². The molecule has 4 nitrogen and oxygen atoms in total. The predicted molar refractivity (Wildman–Crippen MR) is 250 cm³/mol. The number of rotatable bonds is 7. The minimum atomic E-state index is 0.676. The smallest absolute Gasteiger partial charge is 0.0802 e. The lowest BCUT2D eigenvalue weighted by Gasteiger charge is -2.16. The molecule has 2 N–H and O–H groups in total. The Morgan fingerprint density at radius 3 is 1.93 bits per heavy atom. The van der Waals surface area contributed by atoms with Crippen molar-refractivity contribution in [1.82, 2.24) is 9.13 Å². The van der Waals surface area contributed by atoms with Crippen LogP contribution in [-0.2, 0) is 6.42 Å². The minimum absolute atomic E-state index is 0.676. The average Bonchev–Trinajstić information content (AvgIpc) is 3.81. The second-order valence-electron chi connectivity index (χ2n) is 15.3. The van der Waals surface area contributed by atoms with Gasteiger partial charge in [0.2, 0.25) is 0 Å². The Morgan fingerprint density at radius 2 is 1.15 bits per heavy atom. The number of para-hydroxylation sites is 3. The van der Waals surface area contributed by atoms with Crippen LogP contribution in [0, 0.1) is 0 Å². The van der Waals surface area contributed by atoms with Crippen LogP contribution in [0.15, 0.2) is 200 Å². The molecular weight excluding hydrogens is 717 g/mol. The first-order valence-corrected chi connectivity index (χ1v) is 20.3. The largest absolute Gasteiger partial charge is 0.398 e. The van der Waals surface area contributed by atoms with E-state index >= 15 is 0 Å². The van der Waals surface area contributed by atoms with Crippen LogP contribution in [0.4, 0.5) is 5.69 Å². The summed E-state index contributed by atoms with van der Waals surface area (Å²) in [4.78, 5) is 5.22. The maximum absolute atomic E-state index is 6.52. The zero-order valence-corrected chi connectivity index (χ0v) is 32.5. The van der Waals surface area contributed by atoms with Gasteiger partial charge < -0.3 is 14.9 Å². The number of hydrogen-bond donors (Lipinski definition) is 1. The van der Waals surface area contributed by atoms with E-state index in [2.05, 4.69) is 167 Å². The van der Waals surface area contributed by atoms with E-state index in [0.717, 1.165) is 62.7 Å². The monoisotopic (exact) mass is 756 g/mol. The summed E-state index contributed by atoms with van der Waals surface area (Å²) >= 11 is 0. The molecular formula is C55H40N4. The molecule has 1 aliphatic rings. The van der Waals surface area contributed by atoms with Crippen LogP contribution < -0.4 is 5.73 Å². The van der Waals surface area contributed by atoms with Crippen LogP contribution in [0.1, 0.15) is 34.4 Å². The molecule has 0 saturated carbocycles. The van der Waals surface area contributed by atoms with Gasteiger partial charge in [-0.25, -0.2) is 4.99 Å². The standard InChI is InChI=1S/C55H40N4/c1-36(57-55(37-16-4-2-5-17-37)46-24-10-13-25-49(46)56)41-30-33-52(43-21-9-8-20-42(41)43)59-51-27-15-12-23-45(51)48-35-39(29-32-54(48)59)38-28-31-53-47(34-38)44-22-11-14-26-50(44)58(53)40-18-6-3-7-19-40/h2-13,15-25,27-35H,1,14,26,56H2. The van der Waals surface area contributed by atoms with E-state index in [0.29, 0.717) is 11.4 Å². The van der Waals surface area contributed by atoms with Crippen LogP contribution in [0.2, 0.25) is 0 Å². The highest BCUT2D eigenvalue weighted by Crippen LogP contribution is 2.41. The molecule has 0 bridgehead atoms. The summed E-state index contributed by atoms with van der Waals surface area (Å²) in [5, 5.41) is 5.94. The summed E-state index contributed by atoms with van der Waals surface area (Å²) in [6.07, 6.45) is 6.72. The van der Waals surface area contributed by atoms with E-state index in [9.17, 15) is 0 Å². The maximum atomic E-state index is 6.52. The molecule has 1 aliphatic carbocycles. The summed E-state index contributed by atoms with van der Waals surface area (Å²) in [7, 11) is 0. The van der Waals surface area contributed by atoms with Crippen LogP contribution in [0.5, 0.6) is 0 Å². The van der Waals surface area contributed by atoms with E-state index in [1.807, 2.05) is 42.5 Å². The van der Waals surface area contributed by atoms with Crippen molar-refractivity contribution in [2.24, 2.45) is 4.99 Å². The van der Waals surface area contributed by atoms with Crippen molar-refractivity contribution in [1.29, 1.82) is 0 Å². The van der Waals surface area contributed by atoms with Crippen molar-refractivity contribution in [3.05, 3.63) is 223 Å². The first-order valence-electron chi connectivity index (χ1n) is 20.3. The molecule has 0 unspecified atom stereocenters. The Bertz CT molecular complexity index is 3340. The molecule has 11 rings (SSSR count). The molecule has 0 spiro atoms. The lowest BCUT2D eigenvalue weighted by molar-refractivity contribution is 0.888. The predicted octanol–water partition coefficient (Wildman–Crippen LogP) is 13.6. The average molecular weight is 757 g/mol. The van der Waals surface area contributed by atoms with Crippen LogP contribution in [0.25, 0.3) is 77.8 Å². The number of anilines is 1. The number of nitrogens with zero attached hydrogens (tertiary/aromatic N) is 3. The molecule has 0 saturated heterocycles. The lowest BCUT2D eigenvalue weighted by atomic mass is 9.98. The number of allylic oxidation sites excluding steroid dienone is 1. The molecule has 2 heterocycles. The summed E-state index contributed by atoms with van der Waals surface area (Å²) in [5.74, 6) is 0. The molecule has 2 aromatic heterocycles. The SMILES string of the molecule is C=C(N=C(c1ccccc1)c1ccccc1N)c1ccc(-n2c3ccccc3c3cc(-c4ccc5c(c4)c4c(n5-c5ccccc5)CCC=C4)ccc32)c2ccccc12. The van der Waals surface area contributed by atoms with Crippen molar-refractivity contribution in [3.63, 3.8) is 0 Å². The van der Waals surface area contributed by atoms with Crippen LogP contribution in [0.3, 0.4) is 0 Å². The Morgan fingerprint density at radius 1 is 0.525 bits per heavy atom. The number of aliphatic imine (C=N–C) groups is 1. The molecule has 280 valence electrons. The van der Waals surface area contributed by atoms with Gasteiger partial charge in [-0.3, -0.25) is 0 Å². The quantitative estimate of drug-likeness (QED) is 0.128. The second-order valence-corrected chi connectivity index (χ2v) is 15.3. The van der Waals surface area contributed by atoms with E-state index in [1.54, 1.807) is 0 Å². The summed E-state index contributed by atoms with van der Waals surface area (Å²) in [6, 6.07) is 64.5. The highest BCUT2D eigenvalue weighted by molar-refractivity contribution is 6.18. The highest BCUT2D eigenvalue weighted by Gasteiger charge is 2.21. The van der Waals surface area contributed by atoms with Crippen molar-refractivity contribution in [3.8, 4) is 22.5 Å². The molecule has 0 atom stereocenters. The van der Waals surface area contributed by atoms with Crippen molar-refractivity contribution < 1.29 is 0 Å². The van der Waals surface area contributed by atoms with E-state index in [4.69, 9.17) is 10.7 Å².